The number of fused-ring (bicyclic) bond motifs is 1. The van der Waals surface area contributed by atoms with Crippen molar-refractivity contribution in [2.24, 2.45) is 5.73 Å². The molecule has 2 heterocycles. The van der Waals surface area contributed by atoms with Crippen LogP contribution in [0, 0.1) is 0 Å². The predicted octanol–water partition coefficient (Wildman–Crippen LogP) is 5.33. The van der Waals surface area contributed by atoms with Crippen molar-refractivity contribution in [3.8, 4) is 11.1 Å². The van der Waals surface area contributed by atoms with Gasteiger partial charge >= 0.3 is 12.1 Å². The number of benzene rings is 2. The van der Waals surface area contributed by atoms with Gasteiger partial charge in [0.25, 0.3) is 0 Å². The number of amides is 1. The number of carbonyl (C=O) groups excluding carboxylic acids is 1. The van der Waals surface area contributed by atoms with Crippen LogP contribution in [0.3, 0.4) is 0 Å². The second-order valence-corrected chi connectivity index (χ2v) is 9.36. The standard InChI is InChI=1S/C25H23F3N2O3S.ClH/c26-25(27,28)23-19(16-4-2-1-3-5-16)13-18(34-23)8-6-15-7-9-21-17(12-15)10-11-30(21)24(33)20(29)14-22(31)32;/h1-5,7,9,12-13,20H,6,8,10-11,14,29H2,(H,31,32);1H/t20-;/m1./s1. The van der Waals surface area contributed by atoms with Crippen LogP contribution in [0.2, 0.25) is 0 Å². The summed E-state index contributed by atoms with van der Waals surface area (Å²) in [6, 6.07) is 14.7. The maximum atomic E-state index is 13.6. The summed E-state index contributed by atoms with van der Waals surface area (Å²) in [5.74, 6) is -1.56. The zero-order chi connectivity index (χ0) is 24.5. The number of anilines is 1. The summed E-state index contributed by atoms with van der Waals surface area (Å²) in [5.41, 5.74) is 9.09. The molecule has 2 aromatic carbocycles. The lowest BCUT2D eigenvalue weighted by atomic mass is 10.0. The van der Waals surface area contributed by atoms with Crippen LogP contribution in [-0.4, -0.2) is 29.6 Å². The Hall–Kier alpha value is -2.88. The molecule has 0 bridgehead atoms. The van der Waals surface area contributed by atoms with Gasteiger partial charge in [-0.05, 0) is 48.1 Å². The van der Waals surface area contributed by atoms with Gasteiger partial charge in [-0.3, -0.25) is 9.59 Å². The number of hydrogen-bond acceptors (Lipinski definition) is 4. The van der Waals surface area contributed by atoms with Crippen molar-refractivity contribution in [1.29, 1.82) is 0 Å². The lowest BCUT2D eigenvalue weighted by Crippen LogP contribution is -2.44. The van der Waals surface area contributed by atoms with E-state index in [-0.39, 0.29) is 18.0 Å². The first-order valence-corrected chi connectivity index (χ1v) is 11.6. The van der Waals surface area contributed by atoms with Crippen molar-refractivity contribution in [2.75, 3.05) is 11.4 Å². The van der Waals surface area contributed by atoms with Gasteiger partial charge in [0.1, 0.15) is 4.88 Å². The molecular formula is C25H24ClF3N2O3S. The topological polar surface area (TPSA) is 83.6 Å². The molecule has 3 aromatic rings. The van der Waals surface area contributed by atoms with E-state index in [1.165, 1.54) is 4.90 Å². The van der Waals surface area contributed by atoms with Crippen LogP contribution >= 0.6 is 23.7 Å². The summed E-state index contributed by atoms with van der Waals surface area (Å²) in [7, 11) is 0. The Bertz CT molecular complexity index is 1210. The average Bonchev–Trinajstić information content (AvgIpc) is 3.41. The SMILES string of the molecule is Cl.N[C@H](CC(=O)O)C(=O)N1CCc2cc(CCc3cc(-c4ccccc4)c(C(F)(F)F)s3)ccc21. The smallest absolute Gasteiger partial charge is 0.426 e. The van der Waals surface area contributed by atoms with Crippen molar-refractivity contribution in [3.05, 3.63) is 75.5 Å². The third-order valence-corrected chi connectivity index (χ3v) is 7.04. The molecule has 0 aliphatic carbocycles. The van der Waals surface area contributed by atoms with Crippen molar-refractivity contribution in [3.63, 3.8) is 0 Å². The Balaban J connectivity index is 0.00000342. The number of nitrogens with zero attached hydrogens (tertiary/aromatic N) is 1. The third-order valence-electron chi connectivity index (χ3n) is 5.80. The molecule has 1 aromatic heterocycles. The number of carbonyl (C=O) groups is 2. The highest BCUT2D eigenvalue weighted by molar-refractivity contribution is 7.12. The van der Waals surface area contributed by atoms with Gasteiger partial charge in [0.15, 0.2) is 0 Å². The third kappa shape index (κ3) is 6.04. The molecule has 0 fully saturated rings. The molecule has 0 saturated heterocycles. The second kappa shape index (κ2) is 10.8. The minimum atomic E-state index is -4.42. The van der Waals surface area contributed by atoms with Gasteiger partial charge in [-0.15, -0.1) is 23.7 Å². The van der Waals surface area contributed by atoms with E-state index in [1.807, 2.05) is 12.1 Å². The number of carboxylic acid groups (broad SMARTS) is 1. The molecule has 1 aliphatic rings. The number of aliphatic carboxylic acids is 1. The maximum absolute atomic E-state index is 13.6. The molecule has 10 heteroatoms. The normalized spacial score (nSPS) is 13.8. The molecule has 0 unspecified atom stereocenters. The number of thiophene rings is 1. The zero-order valence-electron chi connectivity index (χ0n) is 18.5. The monoisotopic (exact) mass is 524 g/mol. The molecule has 35 heavy (non-hydrogen) atoms. The number of hydrogen-bond donors (Lipinski definition) is 2. The first-order chi connectivity index (χ1) is 16.1. The highest BCUT2D eigenvalue weighted by Crippen LogP contribution is 2.43. The summed E-state index contributed by atoms with van der Waals surface area (Å²) in [4.78, 5) is 24.9. The van der Waals surface area contributed by atoms with Crippen LogP contribution in [0.25, 0.3) is 11.1 Å². The first kappa shape index (κ1) is 26.7. The second-order valence-electron chi connectivity index (χ2n) is 8.23. The van der Waals surface area contributed by atoms with Crippen LogP contribution < -0.4 is 10.6 Å². The van der Waals surface area contributed by atoms with Gasteiger partial charge in [-0.2, -0.15) is 13.2 Å². The summed E-state index contributed by atoms with van der Waals surface area (Å²) in [6.07, 6.45) is -3.21. The Morgan fingerprint density at radius 1 is 1.09 bits per heavy atom. The fraction of sp³-hybridized carbons (Fsp3) is 0.280. The summed E-state index contributed by atoms with van der Waals surface area (Å²) < 4.78 is 40.9. The number of nitrogens with two attached hydrogens (primary N) is 1. The van der Waals surface area contributed by atoms with Gasteiger partial charge in [0, 0.05) is 22.7 Å². The van der Waals surface area contributed by atoms with E-state index in [0.717, 1.165) is 22.5 Å². The number of rotatable bonds is 7. The van der Waals surface area contributed by atoms with Gasteiger partial charge in [-0.1, -0.05) is 42.5 Å². The summed E-state index contributed by atoms with van der Waals surface area (Å²) >= 11 is 0.779. The number of carboxylic acids is 1. The van der Waals surface area contributed by atoms with E-state index in [2.05, 4.69) is 0 Å². The molecular weight excluding hydrogens is 501 g/mol. The molecule has 4 rings (SSSR count). The van der Waals surface area contributed by atoms with Gasteiger partial charge in [0.05, 0.1) is 12.5 Å². The maximum Gasteiger partial charge on any atom is 0.426 e. The Morgan fingerprint density at radius 2 is 1.80 bits per heavy atom. The molecule has 1 atom stereocenters. The largest absolute Gasteiger partial charge is 0.481 e. The van der Waals surface area contributed by atoms with E-state index >= 15 is 0 Å². The molecule has 0 saturated carbocycles. The van der Waals surface area contributed by atoms with Crippen LogP contribution in [-0.2, 0) is 35.0 Å². The quantitative estimate of drug-likeness (QED) is 0.437. The van der Waals surface area contributed by atoms with E-state index in [4.69, 9.17) is 10.8 Å². The van der Waals surface area contributed by atoms with Gasteiger partial charge in [0.2, 0.25) is 5.91 Å². The van der Waals surface area contributed by atoms with E-state index in [1.54, 1.807) is 42.5 Å². The number of alkyl halides is 3. The molecule has 5 nitrogen and oxygen atoms in total. The highest BCUT2D eigenvalue weighted by Gasteiger charge is 2.36. The molecule has 0 spiro atoms. The van der Waals surface area contributed by atoms with E-state index in [0.29, 0.717) is 41.9 Å². The lowest BCUT2D eigenvalue weighted by molar-refractivity contribution is -0.139. The summed E-state index contributed by atoms with van der Waals surface area (Å²) in [5, 5.41) is 8.88. The fourth-order valence-corrected chi connectivity index (χ4v) is 5.24. The predicted molar refractivity (Wildman–Crippen MR) is 132 cm³/mol. The highest BCUT2D eigenvalue weighted by atomic mass is 35.5. The fourth-order valence-electron chi connectivity index (χ4n) is 4.19. The number of halogens is 4. The molecule has 1 aliphatic heterocycles. The average molecular weight is 525 g/mol. The van der Waals surface area contributed by atoms with Crippen LogP contribution in [0.4, 0.5) is 18.9 Å². The first-order valence-electron chi connectivity index (χ1n) is 10.8. The molecule has 3 N–H and O–H groups in total. The lowest BCUT2D eigenvalue weighted by Gasteiger charge is -2.21. The van der Waals surface area contributed by atoms with E-state index < -0.39 is 35.4 Å². The van der Waals surface area contributed by atoms with Gasteiger partial charge in [-0.25, -0.2) is 0 Å². The Labute approximate surface area is 210 Å². The Morgan fingerprint density at radius 3 is 2.46 bits per heavy atom. The minimum Gasteiger partial charge on any atom is -0.481 e. The van der Waals surface area contributed by atoms with Crippen LogP contribution in [0.15, 0.2) is 54.6 Å². The molecule has 186 valence electrons. The van der Waals surface area contributed by atoms with Gasteiger partial charge < -0.3 is 15.7 Å². The summed E-state index contributed by atoms with van der Waals surface area (Å²) in [6.45, 7) is 0.422. The van der Waals surface area contributed by atoms with Crippen molar-refractivity contribution in [1.82, 2.24) is 0 Å². The van der Waals surface area contributed by atoms with Crippen molar-refractivity contribution < 1.29 is 27.9 Å². The molecule has 1 amide bonds. The molecule has 0 radical (unpaired) electrons. The minimum absolute atomic E-state index is 0. The van der Waals surface area contributed by atoms with E-state index in [9.17, 15) is 22.8 Å². The van der Waals surface area contributed by atoms with Crippen molar-refractivity contribution >= 4 is 41.3 Å². The Kier molecular flexibility index (Phi) is 8.25. The number of aryl methyl sites for hydroxylation is 2. The van der Waals surface area contributed by atoms with Crippen LogP contribution in [0.1, 0.15) is 27.3 Å². The van der Waals surface area contributed by atoms with Crippen LogP contribution in [0.5, 0.6) is 0 Å². The zero-order valence-corrected chi connectivity index (χ0v) is 20.2. The van der Waals surface area contributed by atoms with Crippen molar-refractivity contribution in [2.45, 2.75) is 37.9 Å².